The van der Waals surface area contributed by atoms with E-state index in [1.165, 1.54) is 14.2 Å². The molecule has 0 aromatic heterocycles. The number of benzene rings is 4. The molecule has 4 aromatic rings. The summed E-state index contributed by atoms with van der Waals surface area (Å²) in [6, 6.07) is 21.6. The van der Waals surface area contributed by atoms with Crippen molar-refractivity contribution in [1.82, 2.24) is 10.6 Å². The van der Waals surface area contributed by atoms with Gasteiger partial charge in [0.15, 0.2) is 23.0 Å². The van der Waals surface area contributed by atoms with Crippen molar-refractivity contribution in [2.75, 3.05) is 37.1 Å². The fourth-order valence-electron chi connectivity index (χ4n) is 7.18. The number of nitrogens with one attached hydrogen (secondary N) is 2. The number of para-hydroxylation sites is 2. The summed E-state index contributed by atoms with van der Waals surface area (Å²) in [4.78, 5) is 29.4. The zero-order valence-electron chi connectivity index (χ0n) is 26.6. The summed E-state index contributed by atoms with van der Waals surface area (Å²) < 4.78 is 10.2. The molecular weight excluding hydrogens is 612 g/mol. The number of anilines is 2. The maximum atomic E-state index is 12.6. The molecule has 4 atom stereocenters. The number of hydrogen-bond donors (Lipinski definition) is 6. The molecule has 12 heteroatoms. The first-order valence-electron chi connectivity index (χ1n) is 15.9. The topological polar surface area (TPSA) is 176 Å². The molecule has 2 amide bonds. The maximum absolute atomic E-state index is 12.6. The Labute approximate surface area is 277 Å². The Morgan fingerprint density at radius 2 is 1.08 bits per heavy atom. The van der Waals surface area contributed by atoms with Gasteiger partial charge in [0.1, 0.15) is 12.3 Å². The Kier molecular flexibility index (Phi) is 7.98. The van der Waals surface area contributed by atoms with Gasteiger partial charge in [-0.15, -0.1) is 0 Å². The molecular formula is C36H38N6O6. The summed E-state index contributed by atoms with van der Waals surface area (Å²) >= 11 is 0. The normalized spacial score (nSPS) is 21.9. The predicted octanol–water partition coefficient (Wildman–Crippen LogP) is 4.11. The summed E-state index contributed by atoms with van der Waals surface area (Å²) in [5.74, 6) is 0.661. The van der Waals surface area contributed by atoms with Crippen molar-refractivity contribution in [2.24, 2.45) is 11.5 Å². The standard InChI is InChI=1S/2C18H19N3O3/c2*1-24-15-6-5-10(9-14(15)22)17-20-18(23)12-4-2-3-11-13(19)7-8-21(17)16(11)12/h2*2-6,9,13,17,22H,7-8,19H2,1H3,(H,20,23)/t2*13-,17-/m10/s1. The van der Waals surface area contributed by atoms with Crippen molar-refractivity contribution in [1.29, 1.82) is 0 Å². The Balaban J connectivity index is 0.000000152. The molecule has 0 radical (unpaired) electrons. The van der Waals surface area contributed by atoms with Gasteiger partial charge in [0.05, 0.1) is 36.7 Å². The van der Waals surface area contributed by atoms with E-state index in [4.69, 9.17) is 20.9 Å². The molecule has 0 saturated heterocycles. The number of hydrogen-bond acceptors (Lipinski definition) is 10. The monoisotopic (exact) mass is 650 g/mol. The number of aromatic hydroxyl groups is 2. The van der Waals surface area contributed by atoms with Crippen molar-refractivity contribution in [3.8, 4) is 23.0 Å². The van der Waals surface area contributed by atoms with Gasteiger partial charge in [-0.05, 0) is 71.5 Å². The quantitative estimate of drug-likeness (QED) is 0.189. The highest BCUT2D eigenvalue weighted by molar-refractivity contribution is 6.04. The van der Waals surface area contributed by atoms with Crippen molar-refractivity contribution in [2.45, 2.75) is 37.3 Å². The van der Waals surface area contributed by atoms with E-state index in [0.717, 1.165) is 59.6 Å². The summed E-state index contributed by atoms with van der Waals surface area (Å²) in [7, 11) is 3.01. The SMILES string of the molecule is COc1ccc([C@@H]2NC(=O)c3cccc4c3N2CC[C@H]4N)cc1O.COc1ccc([C@H]2NC(=O)c3cccc4c3N2CC[C@@H]4N)cc1O. The molecule has 0 saturated carbocycles. The number of rotatable bonds is 4. The number of phenols is 2. The van der Waals surface area contributed by atoms with Crippen LogP contribution in [0.15, 0.2) is 72.8 Å². The first-order chi connectivity index (χ1) is 23.2. The van der Waals surface area contributed by atoms with Gasteiger partial charge in [0.2, 0.25) is 0 Å². The van der Waals surface area contributed by atoms with E-state index in [9.17, 15) is 19.8 Å². The van der Waals surface area contributed by atoms with Gasteiger partial charge in [-0.1, -0.05) is 36.4 Å². The lowest BCUT2D eigenvalue weighted by atomic mass is 9.90. The van der Waals surface area contributed by atoms with Gasteiger partial charge >= 0.3 is 0 Å². The second kappa shape index (κ2) is 12.3. The number of amides is 2. The average Bonchev–Trinajstić information content (AvgIpc) is 3.10. The molecule has 0 unspecified atom stereocenters. The average molecular weight is 651 g/mol. The fraction of sp³-hybridized carbons (Fsp3) is 0.278. The molecule has 48 heavy (non-hydrogen) atoms. The highest BCUT2D eigenvalue weighted by Gasteiger charge is 2.38. The van der Waals surface area contributed by atoms with E-state index in [1.807, 2.05) is 48.5 Å². The molecule has 0 fully saturated rings. The minimum atomic E-state index is -0.338. The highest BCUT2D eigenvalue weighted by atomic mass is 16.5. The fourth-order valence-corrected chi connectivity index (χ4v) is 7.18. The Bertz CT molecular complexity index is 1780. The summed E-state index contributed by atoms with van der Waals surface area (Å²) in [6.07, 6.45) is 0.946. The van der Waals surface area contributed by atoms with E-state index in [0.29, 0.717) is 22.6 Å². The molecule has 0 aliphatic carbocycles. The summed E-state index contributed by atoms with van der Waals surface area (Å²) in [5.41, 5.74) is 19.2. The lowest BCUT2D eigenvalue weighted by molar-refractivity contribution is 0.0916. The van der Waals surface area contributed by atoms with E-state index in [2.05, 4.69) is 20.4 Å². The molecule has 0 bridgehead atoms. The molecule has 0 spiro atoms. The van der Waals surface area contributed by atoms with Crippen LogP contribution in [0.1, 0.15) is 80.2 Å². The molecule has 4 aliphatic heterocycles. The minimum Gasteiger partial charge on any atom is -0.504 e. The predicted molar refractivity (Wildman–Crippen MR) is 180 cm³/mol. The Morgan fingerprint density at radius 1 is 0.667 bits per heavy atom. The van der Waals surface area contributed by atoms with Gasteiger partial charge in [-0.3, -0.25) is 9.59 Å². The van der Waals surface area contributed by atoms with Crippen LogP contribution in [0.2, 0.25) is 0 Å². The summed E-state index contributed by atoms with van der Waals surface area (Å²) in [6.45, 7) is 1.48. The van der Waals surface area contributed by atoms with Crippen molar-refractivity contribution >= 4 is 23.2 Å². The summed E-state index contributed by atoms with van der Waals surface area (Å²) in [5, 5.41) is 26.2. The van der Waals surface area contributed by atoms with Gasteiger partial charge < -0.3 is 51.6 Å². The number of ether oxygens (including phenoxy) is 2. The largest absolute Gasteiger partial charge is 0.504 e. The molecule has 8 rings (SSSR count). The molecule has 248 valence electrons. The molecule has 4 heterocycles. The van der Waals surface area contributed by atoms with Crippen molar-refractivity contribution in [3.63, 3.8) is 0 Å². The van der Waals surface area contributed by atoms with E-state index in [1.54, 1.807) is 24.3 Å². The van der Waals surface area contributed by atoms with E-state index in [-0.39, 0.29) is 47.7 Å². The first kappa shape index (κ1) is 31.2. The minimum absolute atomic E-state index is 0.0528. The van der Waals surface area contributed by atoms with Crippen LogP contribution in [0.4, 0.5) is 11.4 Å². The van der Waals surface area contributed by atoms with Gasteiger partial charge in [0.25, 0.3) is 11.8 Å². The van der Waals surface area contributed by atoms with Crippen LogP contribution in [0, 0.1) is 0 Å². The van der Waals surface area contributed by atoms with Crippen LogP contribution < -0.4 is 41.4 Å². The van der Waals surface area contributed by atoms with Crippen LogP contribution >= 0.6 is 0 Å². The molecule has 8 N–H and O–H groups in total. The number of phenolic OH excluding ortho intramolecular Hbond substituents is 2. The Morgan fingerprint density at radius 3 is 1.46 bits per heavy atom. The van der Waals surface area contributed by atoms with E-state index < -0.39 is 0 Å². The van der Waals surface area contributed by atoms with Crippen molar-refractivity contribution in [3.05, 3.63) is 106 Å². The Hall–Kier alpha value is -5.46. The van der Waals surface area contributed by atoms with Crippen LogP contribution in [-0.2, 0) is 0 Å². The first-order valence-corrected chi connectivity index (χ1v) is 15.9. The maximum Gasteiger partial charge on any atom is 0.255 e. The number of methoxy groups -OCH3 is 2. The van der Waals surface area contributed by atoms with Gasteiger partial charge in [0, 0.05) is 25.2 Å². The number of carbonyl (C=O) groups is 2. The lowest BCUT2D eigenvalue weighted by Crippen LogP contribution is -2.49. The van der Waals surface area contributed by atoms with Crippen LogP contribution in [-0.4, -0.2) is 49.3 Å². The second-order valence-corrected chi connectivity index (χ2v) is 12.3. The third kappa shape index (κ3) is 5.19. The zero-order valence-corrected chi connectivity index (χ0v) is 26.6. The third-order valence-corrected chi connectivity index (χ3v) is 9.56. The van der Waals surface area contributed by atoms with Gasteiger partial charge in [-0.25, -0.2) is 0 Å². The molecule has 4 aromatic carbocycles. The smallest absolute Gasteiger partial charge is 0.255 e. The number of nitrogens with two attached hydrogens (primary N) is 2. The third-order valence-electron chi connectivity index (χ3n) is 9.56. The lowest BCUT2D eigenvalue weighted by Gasteiger charge is -2.44. The number of nitrogens with zero attached hydrogens (tertiary/aromatic N) is 2. The van der Waals surface area contributed by atoms with Crippen LogP contribution in [0.25, 0.3) is 0 Å². The highest BCUT2D eigenvalue weighted by Crippen LogP contribution is 2.44. The molecule has 12 nitrogen and oxygen atoms in total. The van der Waals surface area contributed by atoms with E-state index >= 15 is 0 Å². The molecule has 4 aliphatic rings. The van der Waals surface area contributed by atoms with Crippen LogP contribution in [0.3, 0.4) is 0 Å². The number of carbonyl (C=O) groups excluding carboxylic acids is 2. The van der Waals surface area contributed by atoms with Crippen LogP contribution in [0.5, 0.6) is 23.0 Å². The zero-order chi connectivity index (χ0) is 33.7. The van der Waals surface area contributed by atoms with Gasteiger partial charge in [-0.2, -0.15) is 0 Å². The van der Waals surface area contributed by atoms with Crippen molar-refractivity contribution < 1.29 is 29.3 Å². The second-order valence-electron chi connectivity index (χ2n) is 12.3.